The van der Waals surface area contributed by atoms with E-state index >= 15 is 0 Å². The van der Waals surface area contributed by atoms with E-state index in [-0.39, 0.29) is 5.41 Å². The molecule has 0 saturated heterocycles. The summed E-state index contributed by atoms with van der Waals surface area (Å²) in [5.74, 6) is 0. The maximum absolute atomic E-state index is 13.1. The lowest BCUT2D eigenvalue weighted by Gasteiger charge is -2.24. The van der Waals surface area contributed by atoms with Crippen LogP contribution in [0.3, 0.4) is 0 Å². The van der Waals surface area contributed by atoms with Gasteiger partial charge < -0.3 is 0 Å². The topological polar surface area (TPSA) is 0 Å². The van der Waals surface area contributed by atoms with Crippen molar-refractivity contribution in [3.63, 3.8) is 0 Å². The number of alkyl halides is 3. The number of halogens is 3. The Morgan fingerprint density at radius 2 is 1.35 bits per heavy atom. The number of rotatable bonds is 0. The lowest BCUT2D eigenvalue weighted by molar-refractivity contribution is -0.137. The summed E-state index contributed by atoms with van der Waals surface area (Å²) in [6.45, 7) is 10.9. The summed E-state index contributed by atoms with van der Waals surface area (Å²) >= 11 is 0. The molecule has 0 radical (unpaired) electrons. The molecule has 23 heavy (non-hydrogen) atoms. The molecule has 0 atom stereocenters. The molecule has 3 rings (SSSR count). The highest BCUT2D eigenvalue weighted by atomic mass is 28.3. The van der Waals surface area contributed by atoms with Gasteiger partial charge in [0, 0.05) is 0 Å². The molecule has 0 aromatic heterocycles. The summed E-state index contributed by atoms with van der Waals surface area (Å²) in [7, 11) is -1.94. The summed E-state index contributed by atoms with van der Waals surface area (Å²) in [6, 6.07) is 10.5. The van der Waals surface area contributed by atoms with Crippen LogP contribution in [0, 0.1) is 0 Å². The molecule has 0 aliphatic carbocycles. The van der Waals surface area contributed by atoms with E-state index in [1.54, 1.807) is 6.07 Å². The van der Waals surface area contributed by atoms with Gasteiger partial charge in [0.25, 0.3) is 0 Å². The van der Waals surface area contributed by atoms with E-state index in [0.717, 1.165) is 16.3 Å². The van der Waals surface area contributed by atoms with E-state index in [1.165, 1.54) is 22.9 Å². The van der Waals surface area contributed by atoms with E-state index < -0.39 is 19.8 Å². The van der Waals surface area contributed by atoms with Crippen molar-refractivity contribution in [1.29, 1.82) is 0 Å². The van der Waals surface area contributed by atoms with Gasteiger partial charge in [0.05, 0.1) is 5.56 Å². The minimum Gasteiger partial charge on any atom is -0.166 e. The molecular weight excluding hydrogens is 313 g/mol. The molecule has 0 unspecified atom stereocenters. The van der Waals surface area contributed by atoms with Gasteiger partial charge in [-0.3, -0.25) is 0 Å². The third-order valence-corrected chi connectivity index (χ3v) is 8.41. The monoisotopic (exact) mass is 334 g/mol. The van der Waals surface area contributed by atoms with Crippen molar-refractivity contribution >= 4 is 18.4 Å². The fraction of sp³-hybridized carbons (Fsp3) is 0.368. The molecule has 0 nitrogen and oxygen atoms in total. The zero-order valence-corrected chi connectivity index (χ0v) is 15.1. The Balaban J connectivity index is 2.24. The van der Waals surface area contributed by atoms with Gasteiger partial charge in [0.2, 0.25) is 0 Å². The molecule has 0 amide bonds. The van der Waals surface area contributed by atoms with Crippen molar-refractivity contribution in [2.75, 3.05) is 0 Å². The van der Waals surface area contributed by atoms with Gasteiger partial charge in [-0.1, -0.05) is 64.2 Å². The summed E-state index contributed by atoms with van der Waals surface area (Å²) in [4.78, 5) is 0. The number of hydrogen-bond donors (Lipinski definition) is 0. The third kappa shape index (κ3) is 2.53. The lowest BCUT2D eigenvalue weighted by Crippen LogP contribution is -2.49. The van der Waals surface area contributed by atoms with Crippen LogP contribution in [0.5, 0.6) is 0 Å². The Morgan fingerprint density at radius 3 is 1.91 bits per heavy atom. The Kier molecular flexibility index (Phi) is 3.35. The molecule has 1 aliphatic heterocycles. The number of hydrogen-bond acceptors (Lipinski definition) is 0. The first-order valence-corrected chi connectivity index (χ1v) is 10.8. The molecule has 0 bridgehead atoms. The van der Waals surface area contributed by atoms with Crippen LogP contribution in [0.2, 0.25) is 13.1 Å². The minimum absolute atomic E-state index is 0.0331. The Labute approximate surface area is 136 Å². The van der Waals surface area contributed by atoms with Crippen LogP contribution < -0.4 is 10.4 Å². The molecule has 0 N–H and O–H groups in total. The first-order valence-electron chi connectivity index (χ1n) is 7.79. The van der Waals surface area contributed by atoms with Crippen LogP contribution in [0.25, 0.3) is 11.1 Å². The van der Waals surface area contributed by atoms with Crippen LogP contribution >= 0.6 is 0 Å². The average molecular weight is 334 g/mol. The van der Waals surface area contributed by atoms with Gasteiger partial charge in [-0.05, 0) is 38.5 Å². The van der Waals surface area contributed by atoms with Gasteiger partial charge in [0.15, 0.2) is 0 Å². The largest absolute Gasteiger partial charge is 0.416 e. The summed E-state index contributed by atoms with van der Waals surface area (Å²) in [6.07, 6.45) is -4.30. The van der Waals surface area contributed by atoms with Crippen molar-refractivity contribution in [3.05, 3.63) is 47.5 Å². The number of benzene rings is 2. The van der Waals surface area contributed by atoms with Crippen molar-refractivity contribution < 1.29 is 13.2 Å². The van der Waals surface area contributed by atoms with E-state index in [0.29, 0.717) is 0 Å². The van der Waals surface area contributed by atoms with Crippen LogP contribution in [0.1, 0.15) is 31.9 Å². The highest BCUT2D eigenvalue weighted by Gasteiger charge is 2.40. The standard InChI is InChI=1S/C19H21F3Si/c1-18(2,3)12-6-8-14-15-10-13(19(20,21)22)7-9-16(15)23(4,5)17(14)11-12/h6-11H,1-5H3. The Morgan fingerprint density at radius 1 is 0.739 bits per heavy atom. The third-order valence-electron chi connectivity index (χ3n) is 4.87. The zero-order chi connectivity index (χ0) is 17.2. The van der Waals surface area contributed by atoms with Gasteiger partial charge in [-0.15, -0.1) is 0 Å². The van der Waals surface area contributed by atoms with E-state index in [9.17, 15) is 13.2 Å². The molecule has 2 aromatic rings. The smallest absolute Gasteiger partial charge is 0.166 e. The van der Waals surface area contributed by atoms with Crippen molar-refractivity contribution in [3.8, 4) is 11.1 Å². The van der Waals surface area contributed by atoms with Crippen LogP contribution in [0.4, 0.5) is 13.2 Å². The molecule has 1 aliphatic rings. The van der Waals surface area contributed by atoms with Crippen molar-refractivity contribution in [2.45, 2.75) is 45.5 Å². The second-order valence-corrected chi connectivity index (χ2v) is 12.2. The molecule has 122 valence electrons. The van der Waals surface area contributed by atoms with Crippen LogP contribution in [0.15, 0.2) is 36.4 Å². The molecule has 4 heteroatoms. The number of fused-ring (bicyclic) bond motifs is 3. The summed E-state index contributed by atoms with van der Waals surface area (Å²) in [5.41, 5.74) is 2.46. The summed E-state index contributed by atoms with van der Waals surface area (Å²) < 4.78 is 39.2. The zero-order valence-electron chi connectivity index (χ0n) is 14.1. The molecule has 1 heterocycles. The fourth-order valence-corrected chi connectivity index (χ4v) is 6.47. The highest BCUT2D eigenvalue weighted by Crippen LogP contribution is 2.36. The van der Waals surface area contributed by atoms with E-state index in [1.807, 2.05) is 6.07 Å². The second kappa shape index (κ2) is 4.73. The average Bonchev–Trinajstić information content (AvgIpc) is 2.65. The predicted molar refractivity (Wildman–Crippen MR) is 92.3 cm³/mol. The van der Waals surface area contributed by atoms with Gasteiger partial charge in [0.1, 0.15) is 8.07 Å². The molecule has 0 fully saturated rings. The van der Waals surface area contributed by atoms with Crippen molar-refractivity contribution in [2.24, 2.45) is 0 Å². The summed E-state index contributed by atoms with van der Waals surface area (Å²) in [5, 5.41) is 2.35. The van der Waals surface area contributed by atoms with Gasteiger partial charge in [-0.2, -0.15) is 13.2 Å². The van der Waals surface area contributed by atoms with Crippen LogP contribution in [-0.2, 0) is 11.6 Å². The second-order valence-electron chi connectivity index (χ2n) is 7.89. The first-order chi connectivity index (χ1) is 10.4. The van der Waals surface area contributed by atoms with Crippen molar-refractivity contribution in [1.82, 2.24) is 0 Å². The van der Waals surface area contributed by atoms with Crippen LogP contribution in [-0.4, -0.2) is 8.07 Å². The maximum atomic E-state index is 13.1. The minimum atomic E-state index is -4.30. The predicted octanol–water partition coefficient (Wildman–Crippen LogP) is 4.81. The maximum Gasteiger partial charge on any atom is 0.416 e. The van der Waals surface area contributed by atoms with E-state index in [4.69, 9.17) is 0 Å². The Hall–Kier alpha value is -1.55. The molecular formula is C19H21F3Si. The highest BCUT2D eigenvalue weighted by molar-refractivity contribution is 7.03. The normalized spacial score (nSPS) is 16.2. The quantitative estimate of drug-likeness (QED) is 0.607. The molecule has 0 saturated carbocycles. The lowest BCUT2D eigenvalue weighted by atomic mass is 9.86. The van der Waals surface area contributed by atoms with Gasteiger partial charge >= 0.3 is 6.18 Å². The fourth-order valence-electron chi connectivity index (χ4n) is 3.40. The molecule has 0 spiro atoms. The van der Waals surface area contributed by atoms with Gasteiger partial charge in [-0.25, -0.2) is 0 Å². The SMILES string of the molecule is CC(C)(C)c1ccc2c(c1)[Si](C)(C)c1ccc(C(F)(F)F)cc1-2. The first kappa shape index (κ1) is 16.3. The van der Waals surface area contributed by atoms with E-state index in [2.05, 4.69) is 46.0 Å². The molecule has 2 aromatic carbocycles. The Bertz CT molecular complexity index is 780.